The van der Waals surface area contributed by atoms with E-state index >= 15 is 0 Å². The minimum atomic E-state index is 0.626. The van der Waals surface area contributed by atoms with E-state index in [1.807, 2.05) is 14.1 Å². The average Bonchev–Trinajstić information content (AvgIpc) is 2.97. The third-order valence-corrected chi connectivity index (χ3v) is 6.26. The summed E-state index contributed by atoms with van der Waals surface area (Å²) in [6.07, 6.45) is 7.42. The SMILES string of the molecule is COCCN1C[C@H]2CC[C@@H]1CN(c1nc(N(C)C)nc3c1CCCC3)C2. The van der Waals surface area contributed by atoms with Crippen molar-refractivity contribution >= 4 is 11.8 Å². The molecule has 1 aromatic heterocycles. The molecule has 1 aromatic rings. The van der Waals surface area contributed by atoms with Gasteiger partial charge in [-0.05, 0) is 44.4 Å². The lowest BCUT2D eigenvalue weighted by Gasteiger charge is -2.35. The van der Waals surface area contributed by atoms with Crippen LogP contribution in [0.3, 0.4) is 0 Å². The highest BCUT2D eigenvalue weighted by Gasteiger charge is 2.36. The van der Waals surface area contributed by atoms with Crippen LogP contribution in [0, 0.1) is 5.92 Å². The Morgan fingerprint density at radius 3 is 2.73 bits per heavy atom. The molecule has 6 nitrogen and oxygen atoms in total. The van der Waals surface area contributed by atoms with Gasteiger partial charge in [-0.25, -0.2) is 4.98 Å². The summed E-state index contributed by atoms with van der Waals surface area (Å²) in [5.74, 6) is 2.83. The van der Waals surface area contributed by atoms with Gasteiger partial charge in [-0.1, -0.05) is 0 Å². The summed E-state index contributed by atoms with van der Waals surface area (Å²) in [7, 11) is 5.90. The van der Waals surface area contributed by atoms with Crippen LogP contribution >= 0.6 is 0 Å². The largest absolute Gasteiger partial charge is 0.383 e. The van der Waals surface area contributed by atoms with Gasteiger partial charge in [-0.3, -0.25) is 4.90 Å². The van der Waals surface area contributed by atoms with Crippen LogP contribution in [0.2, 0.25) is 0 Å². The molecule has 6 heteroatoms. The fourth-order valence-electron chi connectivity index (χ4n) is 4.86. The minimum absolute atomic E-state index is 0.626. The summed E-state index contributed by atoms with van der Waals surface area (Å²) in [6.45, 7) is 5.32. The molecule has 0 N–H and O–H groups in total. The summed E-state index contributed by atoms with van der Waals surface area (Å²) < 4.78 is 5.34. The Labute approximate surface area is 157 Å². The van der Waals surface area contributed by atoms with E-state index in [9.17, 15) is 0 Å². The Kier molecular flexibility index (Phi) is 5.32. The summed E-state index contributed by atoms with van der Waals surface area (Å²) in [4.78, 5) is 17.2. The fraction of sp³-hybridized carbons (Fsp3) is 0.800. The minimum Gasteiger partial charge on any atom is -0.383 e. The Balaban J connectivity index is 1.64. The van der Waals surface area contributed by atoms with Crippen molar-refractivity contribution in [1.82, 2.24) is 14.9 Å². The van der Waals surface area contributed by atoms with Crippen LogP contribution in [0.5, 0.6) is 0 Å². The Morgan fingerprint density at radius 1 is 1.08 bits per heavy atom. The maximum Gasteiger partial charge on any atom is 0.227 e. The summed E-state index contributed by atoms with van der Waals surface area (Å²) in [6, 6.07) is 0.626. The molecule has 2 bridgehead atoms. The highest BCUT2D eigenvalue weighted by Crippen LogP contribution is 2.35. The zero-order valence-electron chi connectivity index (χ0n) is 16.6. The normalized spacial score (nSPS) is 25.9. The quantitative estimate of drug-likeness (QED) is 0.801. The first-order valence-electron chi connectivity index (χ1n) is 10.2. The van der Waals surface area contributed by atoms with Crippen molar-refractivity contribution < 1.29 is 4.74 Å². The molecule has 4 heterocycles. The van der Waals surface area contributed by atoms with Crippen molar-refractivity contribution in [2.24, 2.45) is 5.92 Å². The van der Waals surface area contributed by atoms with Crippen LogP contribution in [0.4, 0.5) is 11.8 Å². The zero-order chi connectivity index (χ0) is 18.1. The second kappa shape index (κ2) is 7.69. The van der Waals surface area contributed by atoms with E-state index in [0.29, 0.717) is 6.04 Å². The number of piperidine rings is 1. The van der Waals surface area contributed by atoms with Crippen LogP contribution < -0.4 is 9.80 Å². The van der Waals surface area contributed by atoms with E-state index in [1.165, 1.54) is 49.3 Å². The highest BCUT2D eigenvalue weighted by molar-refractivity contribution is 5.54. The molecule has 0 saturated carbocycles. The predicted molar refractivity (Wildman–Crippen MR) is 105 cm³/mol. The first-order chi connectivity index (χ1) is 12.7. The summed E-state index contributed by atoms with van der Waals surface area (Å²) >= 11 is 0. The predicted octanol–water partition coefficient (Wildman–Crippen LogP) is 1.97. The lowest BCUT2D eigenvalue weighted by Crippen LogP contribution is -2.45. The number of ether oxygens (including phenoxy) is 1. The topological polar surface area (TPSA) is 44.7 Å². The van der Waals surface area contributed by atoms with Crippen LogP contribution in [0.15, 0.2) is 0 Å². The first kappa shape index (κ1) is 18.0. The van der Waals surface area contributed by atoms with E-state index in [2.05, 4.69) is 14.7 Å². The van der Waals surface area contributed by atoms with Gasteiger partial charge in [0, 0.05) is 59.0 Å². The molecule has 3 aliphatic heterocycles. The summed E-state index contributed by atoms with van der Waals surface area (Å²) in [5, 5.41) is 0. The van der Waals surface area contributed by atoms with Gasteiger partial charge < -0.3 is 14.5 Å². The maximum absolute atomic E-state index is 5.34. The molecule has 2 atom stereocenters. The van der Waals surface area contributed by atoms with Crippen molar-refractivity contribution in [3.05, 3.63) is 11.3 Å². The molecule has 0 aromatic carbocycles. The number of nitrogens with zero attached hydrogens (tertiary/aromatic N) is 5. The third-order valence-electron chi connectivity index (χ3n) is 6.26. The number of aryl methyl sites for hydroxylation is 1. The lowest BCUT2D eigenvalue weighted by molar-refractivity contribution is 0.0889. The van der Waals surface area contributed by atoms with Gasteiger partial charge in [0.05, 0.1) is 12.3 Å². The van der Waals surface area contributed by atoms with Gasteiger partial charge in [0.25, 0.3) is 0 Å². The Hall–Kier alpha value is -1.40. The van der Waals surface area contributed by atoms with E-state index in [1.54, 1.807) is 7.11 Å². The second-order valence-corrected chi connectivity index (χ2v) is 8.36. The molecule has 144 valence electrons. The first-order valence-corrected chi connectivity index (χ1v) is 10.2. The van der Waals surface area contributed by atoms with Crippen LogP contribution in [0.1, 0.15) is 36.9 Å². The molecule has 1 aliphatic carbocycles. The zero-order valence-corrected chi connectivity index (χ0v) is 16.6. The smallest absolute Gasteiger partial charge is 0.227 e. The average molecular weight is 360 g/mol. The number of rotatable bonds is 5. The molecule has 4 aliphatic rings. The van der Waals surface area contributed by atoms with Crippen molar-refractivity contribution in [3.8, 4) is 0 Å². The molecule has 0 unspecified atom stereocenters. The molecule has 0 spiro atoms. The molecule has 0 amide bonds. The lowest BCUT2D eigenvalue weighted by atomic mass is 9.95. The maximum atomic E-state index is 5.34. The molecular formula is C20H33N5O. The van der Waals surface area contributed by atoms with Gasteiger partial charge in [0.15, 0.2) is 0 Å². The van der Waals surface area contributed by atoms with Crippen LogP contribution in [-0.2, 0) is 17.6 Å². The van der Waals surface area contributed by atoms with Gasteiger partial charge in [-0.2, -0.15) is 4.98 Å². The van der Waals surface area contributed by atoms with E-state index in [0.717, 1.165) is 50.9 Å². The number of anilines is 2. The number of hydrogen-bond donors (Lipinski definition) is 0. The molecule has 3 saturated heterocycles. The number of fused-ring (bicyclic) bond motifs is 5. The summed E-state index contributed by atoms with van der Waals surface area (Å²) in [5.41, 5.74) is 2.71. The van der Waals surface area contributed by atoms with Crippen LogP contribution in [-0.4, -0.2) is 74.9 Å². The van der Waals surface area contributed by atoms with Crippen molar-refractivity contribution in [2.75, 3.05) is 63.8 Å². The Morgan fingerprint density at radius 2 is 1.92 bits per heavy atom. The molecule has 26 heavy (non-hydrogen) atoms. The standard InChI is InChI=1S/C20H33N5O/c1-23(2)20-21-18-7-5-4-6-17(18)19(22-20)25-13-15-8-9-16(14-25)24(12-15)10-11-26-3/h15-16H,4-14H2,1-3H3/t15-,16-/m1/s1. The number of methoxy groups -OCH3 is 1. The van der Waals surface area contributed by atoms with Crippen LogP contribution in [0.25, 0.3) is 0 Å². The Bertz CT molecular complexity index is 635. The molecule has 5 rings (SSSR count). The molecular weight excluding hydrogens is 326 g/mol. The monoisotopic (exact) mass is 359 g/mol. The van der Waals surface area contributed by atoms with Gasteiger partial charge in [0.1, 0.15) is 5.82 Å². The third kappa shape index (κ3) is 3.54. The number of hydrogen-bond acceptors (Lipinski definition) is 6. The van der Waals surface area contributed by atoms with Crippen molar-refractivity contribution in [2.45, 2.75) is 44.6 Å². The van der Waals surface area contributed by atoms with Crippen molar-refractivity contribution in [1.29, 1.82) is 0 Å². The number of aromatic nitrogens is 2. The van der Waals surface area contributed by atoms with Gasteiger partial charge in [-0.15, -0.1) is 0 Å². The molecule has 0 radical (unpaired) electrons. The second-order valence-electron chi connectivity index (χ2n) is 8.36. The fourth-order valence-corrected chi connectivity index (χ4v) is 4.86. The van der Waals surface area contributed by atoms with E-state index in [-0.39, 0.29) is 0 Å². The highest BCUT2D eigenvalue weighted by atomic mass is 16.5. The van der Waals surface area contributed by atoms with E-state index < -0.39 is 0 Å². The van der Waals surface area contributed by atoms with Gasteiger partial charge >= 0.3 is 0 Å². The van der Waals surface area contributed by atoms with E-state index in [4.69, 9.17) is 14.7 Å². The van der Waals surface area contributed by atoms with Crippen molar-refractivity contribution in [3.63, 3.8) is 0 Å². The molecule has 3 fully saturated rings. The van der Waals surface area contributed by atoms with Gasteiger partial charge in [0.2, 0.25) is 5.95 Å².